The van der Waals surface area contributed by atoms with E-state index in [9.17, 15) is 18.0 Å². The highest BCUT2D eigenvalue weighted by atomic mass is 19.4. The van der Waals surface area contributed by atoms with Crippen molar-refractivity contribution >= 4 is 11.6 Å². The quantitative estimate of drug-likeness (QED) is 0.726. The summed E-state index contributed by atoms with van der Waals surface area (Å²) in [5.41, 5.74) is -1.05. The Balaban J connectivity index is 2.42. The first-order valence-corrected chi connectivity index (χ1v) is 6.61. The normalized spacial score (nSPS) is 11.4. The average molecular weight is 304 g/mol. The van der Waals surface area contributed by atoms with Gasteiger partial charge in [0.2, 0.25) is 5.91 Å². The molecule has 0 atom stereocenters. The van der Waals surface area contributed by atoms with Gasteiger partial charge in [-0.25, -0.2) is 0 Å². The van der Waals surface area contributed by atoms with Gasteiger partial charge in [-0.3, -0.25) is 4.79 Å². The molecule has 1 amide bonds. The van der Waals surface area contributed by atoms with E-state index in [1.165, 1.54) is 18.2 Å². The summed E-state index contributed by atoms with van der Waals surface area (Å²) in [4.78, 5) is 11.6. The molecule has 0 bridgehead atoms. The predicted octanol–water partition coefficient (Wildman–Crippen LogP) is 2.66. The van der Waals surface area contributed by atoms with Crippen molar-refractivity contribution in [2.75, 3.05) is 32.1 Å². The van der Waals surface area contributed by atoms with Crippen LogP contribution in [0.15, 0.2) is 24.3 Å². The van der Waals surface area contributed by atoms with Crippen molar-refractivity contribution in [3.05, 3.63) is 29.8 Å². The largest absolute Gasteiger partial charge is 0.418 e. The van der Waals surface area contributed by atoms with Gasteiger partial charge in [0, 0.05) is 26.7 Å². The van der Waals surface area contributed by atoms with Gasteiger partial charge in [0.05, 0.1) is 11.3 Å². The summed E-state index contributed by atoms with van der Waals surface area (Å²) in [6.07, 6.45) is -3.56. The molecule has 1 aromatic carbocycles. The smallest absolute Gasteiger partial charge is 0.385 e. The minimum atomic E-state index is -4.48. The van der Waals surface area contributed by atoms with Crippen LogP contribution >= 0.6 is 0 Å². The summed E-state index contributed by atoms with van der Waals surface area (Å²) in [5, 5.41) is 5.31. The van der Waals surface area contributed by atoms with Crippen LogP contribution in [-0.4, -0.2) is 32.7 Å². The Morgan fingerprint density at radius 3 is 2.62 bits per heavy atom. The first-order chi connectivity index (χ1) is 9.95. The third-order valence-corrected chi connectivity index (χ3v) is 2.74. The van der Waals surface area contributed by atoms with Crippen molar-refractivity contribution in [1.29, 1.82) is 0 Å². The van der Waals surface area contributed by atoms with Gasteiger partial charge in [0.25, 0.3) is 0 Å². The molecule has 0 aliphatic carbocycles. The van der Waals surface area contributed by atoms with Crippen molar-refractivity contribution in [3.8, 4) is 0 Å². The fraction of sp³-hybridized carbons (Fsp3) is 0.500. The van der Waals surface area contributed by atoms with Crippen LogP contribution in [0.4, 0.5) is 18.9 Å². The van der Waals surface area contributed by atoms with Crippen molar-refractivity contribution in [3.63, 3.8) is 0 Å². The number of halogens is 3. The fourth-order valence-electron chi connectivity index (χ4n) is 1.72. The Morgan fingerprint density at radius 2 is 1.95 bits per heavy atom. The molecule has 7 heteroatoms. The number of carbonyl (C=O) groups excluding carboxylic acids is 1. The average Bonchev–Trinajstić information content (AvgIpc) is 2.42. The van der Waals surface area contributed by atoms with E-state index >= 15 is 0 Å². The van der Waals surface area contributed by atoms with Gasteiger partial charge in [0.1, 0.15) is 0 Å². The second kappa shape index (κ2) is 8.63. The van der Waals surface area contributed by atoms with Gasteiger partial charge >= 0.3 is 6.18 Å². The predicted molar refractivity (Wildman–Crippen MR) is 74.1 cm³/mol. The van der Waals surface area contributed by atoms with E-state index in [1.54, 1.807) is 7.11 Å². The highest BCUT2D eigenvalue weighted by Crippen LogP contribution is 2.34. The van der Waals surface area contributed by atoms with Crippen molar-refractivity contribution < 1.29 is 22.7 Å². The van der Waals surface area contributed by atoms with Crippen molar-refractivity contribution in [1.82, 2.24) is 5.32 Å². The lowest BCUT2D eigenvalue weighted by molar-refractivity contribution is -0.137. The molecular weight excluding hydrogens is 285 g/mol. The van der Waals surface area contributed by atoms with E-state index in [0.717, 1.165) is 12.5 Å². The van der Waals surface area contributed by atoms with E-state index < -0.39 is 17.6 Å². The minimum Gasteiger partial charge on any atom is -0.385 e. The summed E-state index contributed by atoms with van der Waals surface area (Å²) in [6.45, 7) is 1.72. The van der Waals surface area contributed by atoms with E-state index in [0.29, 0.717) is 19.7 Å². The number of hydrogen-bond donors (Lipinski definition) is 2. The molecule has 0 aromatic heterocycles. The number of benzene rings is 1. The molecule has 0 aliphatic heterocycles. The van der Waals surface area contributed by atoms with Crippen LogP contribution in [0.25, 0.3) is 0 Å². The molecule has 2 N–H and O–H groups in total. The topological polar surface area (TPSA) is 50.4 Å². The van der Waals surface area contributed by atoms with Crippen molar-refractivity contribution in [2.24, 2.45) is 0 Å². The molecule has 0 heterocycles. The number of anilines is 1. The number of alkyl halides is 3. The third kappa shape index (κ3) is 6.59. The van der Waals surface area contributed by atoms with Crippen LogP contribution in [0.3, 0.4) is 0 Å². The molecule has 118 valence electrons. The Kier molecular flexibility index (Phi) is 7.18. The maximum absolute atomic E-state index is 12.7. The Labute approximate surface area is 121 Å². The van der Waals surface area contributed by atoms with E-state index in [-0.39, 0.29) is 12.1 Å². The first kappa shape index (κ1) is 17.5. The Bertz CT molecular complexity index is 450. The fourth-order valence-corrected chi connectivity index (χ4v) is 1.72. The SMILES string of the molecule is COCCCNCCC(=O)Nc1ccccc1C(F)(F)F. The number of methoxy groups -OCH3 is 1. The molecule has 0 fully saturated rings. The zero-order valence-corrected chi connectivity index (χ0v) is 11.8. The molecule has 21 heavy (non-hydrogen) atoms. The van der Waals surface area contributed by atoms with Gasteiger partial charge in [-0.05, 0) is 25.1 Å². The minimum absolute atomic E-state index is 0.110. The second-order valence-electron chi connectivity index (χ2n) is 4.44. The van der Waals surface area contributed by atoms with Crippen LogP contribution in [0, 0.1) is 0 Å². The molecule has 0 saturated heterocycles. The van der Waals surface area contributed by atoms with Crippen molar-refractivity contribution in [2.45, 2.75) is 19.0 Å². The molecule has 0 unspecified atom stereocenters. The molecule has 1 rings (SSSR count). The molecule has 4 nitrogen and oxygen atoms in total. The van der Waals surface area contributed by atoms with Gasteiger partial charge in [-0.2, -0.15) is 13.2 Å². The number of ether oxygens (including phenoxy) is 1. The lowest BCUT2D eigenvalue weighted by Gasteiger charge is -2.13. The first-order valence-electron chi connectivity index (χ1n) is 6.61. The second-order valence-corrected chi connectivity index (χ2v) is 4.44. The molecule has 0 saturated carbocycles. The number of rotatable bonds is 8. The number of hydrogen-bond acceptors (Lipinski definition) is 3. The van der Waals surface area contributed by atoms with Crippen LogP contribution in [0.1, 0.15) is 18.4 Å². The van der Waals surface area contributed by atoms with Gasteiger partial charge in [-0.15, -0.1) is 0 Å². The summed E-state index contributed by atoms with van der Waals surface area (Å²) in [7, 11) is 1.60. The molecule has 0 radical (unpaired) electrons. The summed E-state index contributed by atoms with van der Waals surface area (Å²) in [6, 6.07) is 4.93. The number of carbonyl (C=O) groups is 1. The lowest BCUT2D eigenvalue weighted by atomic mass is 10.1. The van der Waals surface area contributed by atoms with Crippen LogP contribution in [0.2, 0.25) is 0 Å². The van der Waals surface area contributed by atoms with Gasteiger partial charge in [-0.1, -0.05) is 12.1 Å². The van der Waals surface area contributed by atoms with E-state index in [4.69, 9.17) is 4.74 Å². The molecule has 1 aromatic rings. The van der Waals surface area contributed by atoms with E-state index in [2.05, 4.69) is 10.6 Å². The summed E-state index contributed by atoms with van der Waals surface area (Å²) >= 11 is 0. The van der Waals surface area contributed by atoms with Crippen LogP contribution in [-0.2, 0) is 15.7 Å². The maximum Gasteiger partial charge on any atom is 0.418 e. The summed E-state index contributed by atoms with van der Waals surface area (Å²) < 4.78 is 43.1. The number of para-hydroxylation sites is 1. The van der Waals surface area contributed by atoms with Gasteiger partial charge in [0.15, 0.2) is 0 Å². The molecule has 0 spiro atoms. The highest BCUT2D eigenvalue weighted by molar-refractivity contribution is 5.91. The zero-order valence-electron chi connectivity index (χ0n) is 11.8. The number of nitrogens with one attached hydrogen (secondary N) is 2. The number of amides is 1. The Hall–Kier alpha value is -1.60. The van der Waals surface area contributed by atoms with Crippen LogP contribution < -0.4 is 10.6 Å². The molecule has 0 aliphatic rings. The maximum atomic E-state index is 12.7. The third-order valence-electron chi connectivity index (χ3n) is 2.74. The monoisotopic (exact) mass is 304 g/mol. The molecular formula is C14H19F3N2O2. The van der Waals surface area contributed by atoms with Crippen LogP contribution in [0.5, 0.6) is 0 Å². The standard InChI is InChI=1S/C14H19F3N2O2/c1-21-10-4-8-18-9-7-13(20)19-12-6-3-2-5-11(12)14(15,16)17/h2-3,5-6,18H,4,7-10H2,1H3,(H,19,20). The zero-order chi connectivity index (χ0) is 15.7. The van der Waals surface area contributed by atoms with E-state index in [1.807, 2.05) is 0 Å². The highest BCUT2D eigenvalue weighted by Gasteiger charge is 2.33. The Morgan fingerprint density at radius 1 is 1.24 bits per heavy atom. The summed E-state index contributed by atoms with van der Waals surface area (Å²) in [5.74, 6) is -0.453. The lowest BCUT2D eigenvalue weighted by Crippen LogP contribution is -2.24. The van der Waals surface area contributed by atoms with Gasteiger partial charge < -0.3 is 15.4 Å².